The second kappa shape index (κ2) is 6.78. The molecule has 1 rings (SSSR count). The van der Waals surface area contributed by atoms with Gasteiger partial charge in [-0.1, -0.05) is 0 Å². The molecule has 0 fully saturated rings. The van der Waals surface area contributed by atoms with E-state index in [4.69, 9.17) is 4.74 Å². The predicted octanol–water partition coefficient (Wildman–Crippen LogP) is 1.26. The van der Waals surface area contributed by atoms with Gasteiger partial charge in [0.1, 0.15) is 18.7 Å². The van der Waals surface area contributed by atoms with Crippen LogP contribution in [0.5, 0.6) is 5.88 Å². The molecule has 1 aromatic heterocycles. The number of carbonyl (C=O) groups is 1. The zero-order valence-electron chi connectivity index (χ0n) is 11.2. The number of methoxy groups -OCH3 is 1. The summed E-state index contributed by atoms with van der Waals surface area (Å²) < 4.78 is 9.99. The third kappa shape index (κ3) is 3.87. The van der Waals surface area contributed by atoms with Crippen LogP contribution in [0, 0.1) is 0 Å². The van der Waals surface area contributed by atoms with Crippen molar-refractivity contribution in [1.82, 2.24) is 9.97 Å². The first-order valence-corrected chi connectivity index (χ1v) is 5.86. The summed E-state index contributed by atoms with van der Waals surface area (Å²) in [5, 5.41) is 0. The number of ether oxygens (including phenoxy) is 2. The maximum absolute atomic E-state index is 11.4. The van der Waals surface area contributed by atoms with Gasteiger partial charge in [0.05, 0.1) is 13.7 Å². The van der Waals surface area contributed by atoms with Gasteiger partial charge < -0.3 is 14.4 Å². The summed E-state index contributed by atoms with van der Waals surface area (Å²) in [6.45, 7) is 6.53. The lowest BCUT2D eigenvalue weighted by Gasteiger charge is -2.26. The molecule has 0 aliphatic carbocycles. The zero-order chi connectivity index (χ0) is 13.5. The van der Waals surface area contributed by atoms with Crippen LogP contribution in [0.25, 0.3) is 0 Å². The lowest BCUT2D eigenvalue weighted by atomic mass is 10.3. The molecule has 1 heterocycles. The number of esters is 1. The molecule has 6 nitrogen and oxygen atoms in total. The van der Waals surface area contributed by atoms with Gasteiger partial charge in [-0.2, -0.15) is 0 Å². The fourth-order valence-electron chi connectivity index (χ4n) is 1.45. The molecular weight excluding hydrogens is 234 g/mol. The molecule has 0 atom stereocenters. The van der Waals surface area contributed by atoms with E-state index in [9.17, 15) is 4.79 Å². The lowest BCUT2D eigenvalue weighted by molar-refractivity contribution is -0.139. The van der Waals surface area contributed by atoms with E-state index in [1.165, 1.54) is 13.4 Å². The van der Waals surface area contributed by atoms with Crippen LogP contribution in [0.3, 0.4) is 0 Å². The van der Waals surface area contributed by atoms with E-state index in [0.29, 0.717) is 18.3 Å². The van der Waals surface area contributed by atoms with Crippen LogP contribution >= 0.6 is 0 Å². The van der Waals surface area contributed by atoms with Crippen molar-refractivity contribution in [1.29, 1.82) is 0 Å². The highest BCUT2D eigenvalue weighted by Gasteiger charge is 2.17. The minimum Gasteiger partial charge on any atom is -0.478 e. The molecule has 0 bridgehead atoms. The highest BCUT2D eigenvalue weighted by molar-refractivity contribution is 5.75. The highest BCUT2D eigenvalue weighted by atomic mass is 16.5. The van der Waals surface area contributed by atoms with Crippen LogP contribution in [0.2, 0.25) is 0 Å². The number of anilines is 1. The normalized spacial score (nSPS) is 10.3. The van der Waals surface area contributed by atoms with Crippen molar-refractivity contribution in [2.45, 2.75) is 26.8 Å². The van der Waals surface area contributed by atoms with Crippen LogP contribution in [0.1, 0.15) is 20.8 Å². The number of carbonyl (C=O) groups excluding carboxylic acids is 1. The number of hydrogen-bond acceptors (Lipinski definition) is 6. The maximum Gasteiger partial charge on any atom is 0.325 e. The van der Waals surface area contributed by atoms with Crippen LogP contribution in [0.15, 0.2) is 12.4 Å². The molecular formula is C12H19N3O3. The van der Waals surface area contributed by atoms with Crippen molar-refractivity contribution < 1.29 is 14.3 Å². The average molecular weight is 253 g/mol. The Morgan fingerprint density at radius 3 is 2.72 bits per heavy atom. The fraction of sp³-hybridized carbons (Fsp3) is 0.583. The SMILES string of the molecule is CCOc1cc(N(CC(=O)OC)C(C)C)ncn1. The smallest absolute Gasteiger partial charge is 0.325 e. The molecule has 0 spiro atoms. The first-order chi connectivity index (χ1) is 8.58. The molecule has 0 amide bonds. The van der Waals surface area contributed by atoms with Crippen molar-refractivity contribution in [3.63, 3.8) is 0 Å². The molecule has 0 unspecified atom stereocenters. The third-order valence-corrected chi connectivity index (χ3v) is 2.36. The van der Waals surface area contributed by atoms with Crippen LogP contribution in [0.4, 0.5) is 5.82 Å². The van der Waals surface area contributed by atoms with E-state index in [1.807, 2.05) is 25.7 Å². The number of nitrogens with zero attached hydrogens (tertiary/aromatic N) is 3. The van der Waals surface area contributed by atoms with Crippen molar-refractivity contribution >= 4 is 11.8 Å². The van der Waals surface area contributed by atoms with E-state index in [2.05, 4.69) is 14.7 Å². The Bertz CT molecular complexity index is 396. The molecule has 1 aromatic rings. The van der Waals surface area contributed by atoms with E-state index >= 15 is 0 Å². The van der Waals surface area contributed by atoms with Gasteiger partial charge in [-0.25, -0.2) is 9.97 Å². The van der Waals surface area contributed by atoms with Crippen LogP contribution < -0.4 is 9.64 Å². The molecule has 0 aromatic carbocycles. The summed E-state index contributed by atoms with van der Waals surface area (Å²) in [6, 6.07) is 1.83. The van der Waals surface area contributed by atoms with Crippen molar-refractivity contribution in [2.24, 2.45) is 0 Å². The zero-order valence-corrected chi connectivity index (χ0v) is 11.2. The molecule has 0 saturated carbocycles. The summed E-state index contributed by atoms with van der Waals surface area (Å²) in [5.41, 5.74) is 0. The molecule has 18 heavy (non-hydrogen) atoms. The molecule has 0 aliphatic heterocycles. The summed E-state index contributed by atoms with van der Waals surface area (Å²) in [5.74, 6) is 0.840. The standard InChI is InChI=1S/C12H19N3O3/c1-5-18-11-6-10(13-8-14-11)15(9(2)3)7-12(16)17-4/h6,8-9H,5,7H2,1-4H3. The van der Waals surface area contributed by atoms with Crippen LogP contribution in [-0.4, -0.2) is 42.2 Å². The summed E-state index contributed by atoms with van der Waals surface area (Å²) in [7, 11) is 1.37. The van der Waals surface area contributed by atoms with Crippen molar-refractivity contribution in [3.05, 3.63) is 12.4 Å². The molecule has 6 heteroatoms. The van der Waals surface area contributed by atoms with Crippen LogP contribution in [-0.2, 0) is 9.53 Å². The van der Waals surface area contributed by atoms with Gasteiger partial charge in [-0.05, 0) is 20.8 Å². The highest BCUT2D eigenvalue weighted by Crippen LogP contribution is 2.17. The summed E-state index contributed by atoms with van der Waals surface area (Å²) >= 11 is 0. The molecule has 0 radical (unpaired) electrons. The minimum absolute atomic E-state index is 0.119. The third-order valence-electron chi connectivity index (χ3n) is 2.36. The van der Waals surface area contributed by atoms with Gasteiger partial charge in [0.2, 0.25) is 5.88 Å². The average Bonchev–Trinajstić information content (AvgIpc) is 2.36. The first-order valence-electron chi connectivity index (χ1n) is 5.86. The largest absolute Gasteiger partial charge is 0.478 e. The fourth-order valence-corrected chi connectivity index (χ4v) is 1.45. The van der Waals surface area contributed by atoms with Gasteiger partial charge in [0.15, 0.2) is 0 Å². The Balaban J connectivity index is 2.91. The lowest BCUT2D eigenvalue weighted by Crippen LogP contribution is -2.36. The number of hydrogen-bond donors (Lipinski definition) is 0. The Morgan fingerprint density at radius 1 is 1.44 bits per heavy atom. The van der Waals surface area contributed by atoms with Gasteiger partial charge in [-0.3, -0.25) is 4.79 Å². The van der Waals surface area contributed by atoms with Gasteiger partial charge >= 0.3 is 5.97 Å². The van der Waals surface area contributed by atoms with E-state index in [1.54, 1.807) is 6.07 Å². The van der Waals surface area contributed by atoms with Gasteiger partial charge in [0, 0.05) is 12.1 Å². The summed E-state index contributed by atoms with van der Waals surface area (Å²) in [6.07, 6.45) is 1.42. The summed E-state index contributed by atoms with van der Waals surface area (Å²) in [4.78, 5) is 21.4. The molecule has 100 valence electrons. The molecule has 0 N–H and O–H groups in total. The van der Waals surface area contributed by atoms with Gasteiger partial charge in [0.25, 0.3) is 0 Å². The second-order valence-electron chi connectivity index (χ2n) is 3.95. The Kier molecular flexibility index (Phi) is 5.35. The Labute approximate surface area is 107 Å². The number of aromatic nitrogens is 2. The van der Waals surface area contributed by atoms with Crippen molar-refractivity contribution in [3.8, 4) is 5.88 Å². The van der Waals surface area contributed by atoms with E-state index in [-0.39, 0.29) is 18.6 Å². The first kappa shape index (κ1) is 14.2. The quantitative estimate of drug-likeness (QED) is 0.711. The monoisotopic (exact) mass is 253 g/mol. The number of rotatable bonds is 6. The second-order valence-corrected chi connectivity index (χ2v) is 3.95. The molecule has 0 saturated heterocycles. The van der Waals surface area contributed by atoms with Gasteiger partial charge in [-0.15, -0.1) is 0 Å². The Hall–Kier alpha value is -1.85. The van der Waals surface area contributed by atoms with E-state index < -0.39 is 0 Å². The maximum atomic E-state index is 11.4. The topological polar surface area (TPSA) is 64.5 Å². The molecule has 0 aliphatic rings. The van der Waals surface area contributed by atoms with E-state index in [0.717, 1.165) is 0 Å². The predicted molar refractivity (Wildman–Crippen MR) is 67.7 cm³/mol. The van der Waals surface area contributed by atoms with Crippen molar-refractivity contribution in [2.75, 3.05) is 25.2 Å². The Morgan fingerprint density at radius 2 is 2.17 bits per heavy atom. The minimum atomic E-state index is -0.305.